The van der Waals surface area contributed by atoms with E-state index in [9.17, 15) is 0 Å². The largest absolute Gasteiger partial charge is 0.376 e. The van der Waals surface area contributed by atoms with E-state index in [1.165, 1.54) is 0 Å². The van der Waals surface area contributed by atoms with Gasteiger partial charge in [-0.3, -0.25) is 0 Å². The van der Waals surface area contributed by atoms with E-state index < -0.39 is 0 Å². The molecule has 0 rings (SSSR count). The highest BCUT2D eigenvalue weighted by Crippen LogP contribution is 2.10. The maximum Gasteiger partial charge on any atom is 0.0858 e. The SMILES string of the molecule is CCOC(C)(C)COC(C)C. The number of hydrogen-bond acceptors (Lipinski definition) is 2. The Bertz CT molecular complexity index is 97.7. The Morgan fingerprint density at radius 3 is 2.18 bits per heavy atom. The fourth-order valence-corrected chi connectivity index (χ4v) is 0.800. The topological polar surface area (TPSA) is 18.5 Å². The summed E-state index contributed by atoms with van der Waals surface area (Å²) in [6, 6.07) is 0. The lowest BCUT2D eigenvalue weighted by Crippen LogP contribution is -2.31. The van der Waals surface area contributed by atoms with Crippen LogP contribution in [0.1, 0.15) is 34.6 Å². The fourth-order valence-electron chi connectivity index (χ4n) is 0.800. The van der Waals surface area contributed by atoms with Crippen LogP contribution in [0.4, 0.5) is 0 Å². The molecule has 0 spiro atoms. The summed E-state index contributed by atoms with van der Waals surface area (Å²) >= 11 is 0. The quantitative estimate of drug-likeness (QED) is 0.614. The molecule has 0 aromatic heterocycles. The summed E-state index contributed by atoms with van der Waals surface area (Å²) < 4.78 is 10.9. The first-order chi connectivity index (χ1) is 4.98. The predicted molar refractivity (Wildman–Crippen MR) is 46.8 cm³/mol. The molecule has 0 atom stereocenters. The molecule has 0 aliphatic rings. The van der Waals surface area contributed by atoms with Crippen LogP contribution in [0.15, 0.2) is 0 Å². The first kappa shape index (κ1) is 10.9. The van der Waals surface area contributed by atoms with E-state index in [1.54, 1.807) is 0 Å². The minimum Gasteiger partial charge on any atom is -0.376 e. The second-order valence-electron chi connectivity index (χ2n) is 3.55. The molecule has 0 heterocycles. The molecule has 0 radical (unpaired) electrons. The third-order valence-electron chi connectivity index (χ3n) is 1.30. The second kappa shape index (κ2) is 4.73. The summed E-state index contributed by atoms with van der Waals surface area (Å²) in [5, 5.41) is 0. The molecule has 0 aromatic carbocycles. The van der Waals surface area contributed by atoms with Crippen molar-refractivity contribution in [2.75, 3.05) is 13.2 Å². The van der Waals surface area contributed by atoms with Crippen LogP contribution >= 0.6 is 0 Å². The van der Waals surface area contributed by atoms with Gasteiger partial charge in [0.05, 0.1) is 18.3 Å². The van der Waals surface area contributed by atoms with E-state index in [-0.39, 0.29) is 11.7 Å². The summed E-state index contributed by atoms with van der Waals surface area (Å²) in [6.07, 6.45) is 0.287. The molecule has 0 unspecified atom stereocenters. The molecule has 2 nitrogen and oxygen atoms in total. The Balaban J connectivity index is 3.54. The molecular formula is C9H20O2. The van der Waals surface area contributed by atoms with Gasteiger partial charge in [0.1, 0.15) is 0 Å². The summed E-state index contributed by atoms with van der Waals surface area (Å²) in [5.41, 5.74) is -0.140. The van der Waals surface area contributed by atoms with Crippen LogP contribution in [0, 0.1) is 0 Å². The lowest BCUT2D eigenvalue weighted by Gasteiger charge is -2.25. The zero-order chi connectivity index (χ0) is 8.91. The maximum absolute atomic E-state index is 5.45. The summed E-state index contributed by atoms with van der Waals surface area (Å²) in [7, 11) is 0. The van der Waals surface area contributed by atoms with Crippen LogP contribution in [0.3, 0.4) is 0 Å². The van der Waals surface area contributed by atoms with Crippen molar-refractivity contribution in [2.24, 2.45) is 0 Å². The summed E-state index contributed by atoms with van der Waals surface area (Å²) in [6.45, 7) is 11.5. The van der Waals surface area contributed by atoms with Crippen LogP contribution < -0.4 is 0 Å². The molecule has 0 amide bonds. The Kier molecular flexibility index (Phi) is 4.69. The predicted octanol–water partition coefficient (Wildman–Crippen LogP) is 2.23. The van der Waals surface area contributed by atoms with E-state index in [1.807, 2.05) is 34.6 Å². The molecule has 0 aliphatic heterocycles. The van der Waals surface area contributed by atoms with Crippen molar-refractivity contribution in [3.05, 3.63) is 0 Å². The Morgan fingerprint density at radius 1 is 1.27 bits per heavy atom. The van der Waals surface area contributed by atoms with E-state index in [0.29, 0.717) is 6.61 Å². The number of hydrogen-bond donors (Lipinski definition) is 0. The molecule has 0 bridgehead atoms. The van der Waals surface area contributed by atoms with E-state index in [0.717, 1.165) is 6.61 Å². The Hall–Kier alpha value is -0.0800. The standard InChI is InChI=1S/C9H20O2/c1-6-11-9(4,5)7-10-8(2)3/h8H,6-7H2,1-5H3. The second-order valence-corrected chi connectivity index (χ2v) is 3.55. The molecule has 0 aliphatic carbocycles. The average Bonchev–Trinajstić information content (AvgIpc) is 1.84. The van der Waals surface area contributed by atoms with E-state index in [4.69, 9.17) is 9.47 Å². The van der Waals surface area contributed by atoms with Gasteiger partial charge in [-0.15, -0.1) is 0 Å². The monoisotopic (exact) mass is 160 g/mol. The van der Waals surface area contributed by atoms with Gasteiger partial charge in [-0.1, -0.05) is 0 Å². The maximum atomic E-state index is 5.45. The van der Waals surface area contributed by atoms with Crippen molar-refractivity contribution in [1.82, 2.24) is 0 Å². The van der Waals surface area contributed by atoms with Crippen LogP contribution in [0.25, 0.3) is 0 Å². The van der Waals surface area contributed by atoms with Gasteiger partial charge in [-0.05, 0) is 34.6 Å². The third-order valence-corrected chi connectivity index (χ3v) is 1.30. The Morgan fingerprint density at radius 2 is 1.82 bits per heavy atom. The average molecular weight is 160 g/mol. The van der Waals surface area contributed by atoms with Crippen molar-refractivity contribution in [1.29, 1.82) is 0 Å². The molecule has 0 N–H and O–H groups in total. The fraction of sp³-hybridized carbons (Fsp3) is 1.00. The van der Waals surface area contributed by atoms with Gasteiger partial charge < -0.3 is 9.47 Å². The van der Waals surface area contributed by atoms with Crippen LogP contribution in [-0.2, 0) is 9.47 Å². The van der Waals surface area contributed by atoms with Crippen molar-refractivity contribution in [2.45, 2.75) is 46.3 Å². The first-order valence-electron chi connectivity index (χ1n) is 4.23. The highest BCUT2D eigenvalue weighted by molar-refractivity contribution is 4.67. The van der Waals surface area contributed by atoms with Crippen molar-refractivity contribution >= 4 is 0 Å². The zero-order valence-electron chi connectivity index (χ0n) is 8.31. The first-order valence-corrected chi connectivity index (χ1v) is 4.23. The molecule has 0 aromatic rings. The highest BCUT2D eigenvalue weighted by Gasteiger charge is 2.17. The molecule has 2 heteroatoms. The van der Waals surface area contributed by atoms with Crippen LogP contribution in [0.5, 0.6) is 0 Å². The van der Waals surface area contributed by atoms with Crippen molar-refractivity contribution < 1.29 is 9.47 Å². The number of rotatable bonds is 5. The lowest BCUT2D eigenvalue weighted by molar-refractivity contribution is -0.0840. The molecular weight excluding hydrogens is 140 g/mol. The van der Waals surface area contributed by atoms with Gasteiger partial charge in [0.25, 0.3) is 0 Å². The molecule has 0 saturated heterocycles. The lowest BCUT2D eigenvalue weighted by atomic mass is 10.1. The smallest absolute Gasteiger partial charge is 0.0858 e. The van der Waals surface area contributed by atoms with Gasteiger partial charge >= 0.3 is 0 Å². The van der Waals surface area contributed by atoms with Crippen molar-refractivity contribution in [3.8, 4) is 0 Å². The van der Waals surface area contributed by atoms with Crippen LogP contribution in [-0.4, -0.2) is 24.9 Å². The van der Waals surface area contributed by atoms with Crippen molar-refractivity contribution in [3.63, 3.8) is 0 Å². The molecule has 68 valence electrons. The molecule has 11 heavy (non-hydrogen) atoms. The third kappa shape index (κ3) is 6.32. The summed E-state index contributed by atoms with van der Waals surface area (Å²) in [5.74, 6) is 0. The Labute approximate surface area is 69.9 Å². The zero-order valence-corrected chi connectivity index (χ0v) is 8.31. The van der Waals surface area contributed by atoms with Gasteiger partial charge in [0, 0.05) is 6.61 Å². The van der Waals surface area contributed by atoms with E-state index in [2.05, 4.69) is 0 Å². The van der Waals surface area contributed by atoms with E-state index >= 15 is 0 Å². The highest BCUT2D eigenvalue weighted by atomic mass is 16.5. The molecule has 0 fully saturated rings. The number of ether oxygens (including phenoxy) is 2. The molecule has 0 saturated carbocycles. The summed E-state index contributed by atoms with van der Waals surface area (Å²) in [4.78, 5) is 0. The van der Waals surface area contributed by atoms with Gasteiger partial charge in [-0.2, -0.15) is 0 Å². The minimum atomic E-state index is -0.140. The van der Waals surface area contributed by atoms with Gasteiger partial charge in [0.2, 0.25) is 0 Å². The van der Waals surface area contributed by atoms with Gasteiger partial charge in [-0.25, -0.2) is 0 Å². The van der Waals surface area contributed by atoms with Gasteiger partial charge in [0.15, 0.2) is 0 Å². The van der Waals surface area contributed by atoms with Crippen LogP contribution in [0.2, 0.25) is 0 Å². The minimum absolute atomic E-state index is 0.140. The normalized spacial score (nSPS) is 12.5.